The molecule has 4 unspecified atom stereocenters. The van der Waals surface area contributed by atoms with Gasteiger partial charge < -0.3 is 4.74 Å². The number of alkyl halides is 2. The van der Waals surface area contributed by atoms with Gasteiger partial charge in [-0.15, -0.1) is 0 Å². The molecule has 0 spiro atoms. The van der Waals surface area contributed by atoms with Crippen LogP contribution in [0.3, 0.4) is 0 Å². The van der Waals surface area contributed by atoms with Gasteiger partial charge in [-0.3, -0.25) is 8.74 Å². The Kier molecular flexibility index (Phi) is 4.26. The molecule has 0 radical (unpaired) electrons. The fourth-order valence-electron chi connectivity index (χ4n) is 2.82. The molecule has 2 fully saturated rings. The van der Waals surface area contributed by atoms with E-state index < -0.39 is 55.3 Å². The highest BCUT2D eigenvalue weighted by molar-refractivity contribution is 7.88. The highest BCUT2D eigenvalue weighted by Crippen LogP contribution is 2.44. The normalized spacial score (nSPS) is 34.4. The first-order chi connectivity index (χ1) is 9.86. The predicted molar refractivity (Wildman–Crippen MR) is 66.9 cm³/mol. The third kappa shape index (κ3) is 2.96. The Hall–Kier alpha value is -0.850. The average molecular weight is 364 g/mol. The van der Waals surface area contributed by atoms with Crippen LogP contribution < -0.4 is 0 Å². The summed E-state index contributed by atoms with van der Waals surface area (Å²) in [7, 11) is -9.83. The highest BCUT2D eigenvalue weighted by atomic mass is 32.2. The summed E-state index contributed by atoms with van der Waals surface area (Å²) in [5.74, 6) is -2.90. The largest absolute Gasteiger partial charge is 0.465 e. The second-order valence-corrected chi connectivity index (χ2v) is 8.74. The minimum atomic E-state index is -5.96. The van der Waals surface area contributed by atoms with Crippen molar-refractivity contribution in [3.63, 3.8) is 0 Å². The van der Waals surface area contributed by atoms with E-state index in [4.69, 9.17) is 8.74 Å². The van der Waals surface area contributed by atoms with Crippen molar-refractivity contribution >= 4 is 26.2 Å². The number of halogens is 2. The smallest absolute Gasteiger partial charge is 0.458 e. The van der Waals surface area contributed by atoms with Crippen molar-refractivity contribution in [1.82, 2.24) is 0 Å². The Bertz CT molecular complexity index is 671. The summed E-state index contributed by atoms with van der Waals surface area (Å²) in [5.41, 5.74) is 0. The van der Waals surface area contributed by atoms with E-state index in [-0.39, 0.29) is 5.92 Å². The van der Waals surface area contributed by atoms with Crippen molar-refractivity contribution in [2.24, 2.45) is 11.8 Å². The van der Waals surface area contributed by atoms with Crippen LogP contribution in [0.5, 0.6) is 0 Å². The van der Waals surface area contributed by atoms with Crippen LogP contribution in [0.1, 0.15) is 19.8 Å². The molecular formula is C10H14F2O8S2. The van der Waals surface area contributed by atoms with Crippen molar-refractivity contribution in [2.75, 3.05) is 6.61 Å². The van der Waals surface area contributed by atoms with Crippen LogP contribution >= 0.6 is 0 Å². The molecule has 1 aliphatic heterocycles. The fraction of sp³-hybridized carbons (Fsp3) is 0.900. The molecule has 1 saturated carbocycles. The van der Waals surface area contributed by atoms with Gasteiger partial charge in [0, 0.05) is 5.92 Å². The Morgan fingerprint density at radius 3 is 2.55 bits per heavy atom. The Labute approximate surface area is 125 Å². The predicted octanol–water partition coefficient (Wildman–Crippen LogP) is 0.154. The molecule has 22 heavy (non-hydrogen) atoms. The molecule has 12 heteroatoms. The molecule has 1 N–H and O–H groups in total. The summed E-state index contributed by atoms with van der Waals surface area (Å²) in [5, 5.41) is -5.90. The average Bonchev–Trinajstić information content (AvgIpc) is 2.83. The number of esters is 1. The summed E-state index contributed by atoms with van der Waals surface area (Å²) >= 11 is 0. The zero-order chi connectivity index (χ0) is 16.9. The van der Waals surface area contributed by atoms with Gasteiger partial charge in [-0.2, -0.15) is 25.6 Å². The van der Waals surface area contributed by atoms with Crippen molar-refractivity contribution in [3.8, 4) is 0 Å². The van der Waals surface area contributed by atoms with Crippen molar-refractivity contribution < 1.29 is 43.9 Å². The molecule has 0 aromatic rings. The number of ether oxygens (including phenoxy) is 1. The number of rotatable bonds is 4. The zero-order valence-electron chi connectivity index (χ0n) is 11.3. The van der Waals surface area contributed by atoms with Crippen LogP contribution in [0.2, 0.25) is 0 Å². The van der Waals surface area contributed by atoms with Gasteiger partial charge in [-0.05, 0) is 18.8 Å². The van der Waals surface area contributed by atoms with E-state index in [1.807, 2.05) is 6.92 Å². The van der Waals surface area contributed by atoms with E-state index in [9.17, 15) is 30.4 Å². The van der Waals surface area contributed by atoms with E-state index in [0.717, 1.165) is 0 Å². The van der Waals surface area contributed by atoms with Gasteiger partial charge in [-0.1, -0.05) is 6.92 Å². The highest BCUT2D eigenvalue weighted by Gasteiger charge is 2.56. The lowest BCUT2D eigenvalue weighted by molar-refractivity contribution is -0.164. The van der Waals surface area contributed by atoms with E-state index in [1.54, 1.807) is 0 Å². The molecular weight excluding hydrogens is 350 g/mol. The first-order valence-electron chi connectivity index (χ1n) is 6.30. The van der Waals surface area contributed by atoms with Crippen LogP contribution in [-0.2, 0) is 34.0 Å². The number of hydrogen-bond acceptors (Lipinski definition) is 7. The van der Waals surface area contributed by atoms with Crippen LogP contribution in [0, 0.1) is 11.8 Å². The Balaban J connectivity index is 2.05. The lowest BCUT2D eigenvalue weighted by Gasteiger charge is -2.17. The molecule has 128 valence electrons. The third-order valence-electron chi connectivity index (χ3n) is 3.83. The van der Waals surface area contributed by atoms with Crippen molar-refractivity contribution in [2.45, 2.75) is 36.4 Å². The van der Waals surface area contributed by atoms with Gasteiger partial charge in [0.25, 0.3) is 10.1 Å². The molecule has 8 nitrogen and oxygen atoms in total. The summed E-state index contributed by atoms with van der Waals surface area (Å²) in [4.78, 5) is 11.1. The summed E-state index contributed by atoms with van der Waals surface area (Å²) in [6, 6.07) is 0. The number of carbonyl (C=O) groups is 1. The molecule has 1 aliphatic carbocycles. The van der Waals surface area contributed by atoms with Gasteiger partial charge >= 0.3 is 21.3 Å². The fourth-order valence-corrected chi connectivity index (χ4v) is 5.05. The van der Waals surface area contributed by atoms with Gasteiger partial charge in [0.05, 0.1) is 5.25 Å². The first kappa shape index (κ1) is 17.5. The number of hydrogen-bond donors (Lipinski definition) is 1. The SMILES string of the molecule is CC1CC2C(COC(=O)C(F)(F)S(=O)(=O)O)OS(=O)(=O)C2C1. The maximum atomic E-state index is 13.0. The van der Waals surface area contributed by atoms with Crippen molar-refractivity contribution in [1.29, 1.82) is 0 Å². The van der Waals surface area contributed by atoms with Crippen molar-refractivity contribution in [3.05, 3.63) is 0 Å². The third-order valence-corrected chi connectivity index (χ3v) is 6.45. The second kappa shape index (κ2) is 5.35. The van der Waals surface area contributed by atoms with E-state index in [1.165, 1.54) is 0 Å². The molecule has 2 aliphatic rings. The molecule has 1 saturated heterocycles. The summed E-state index contributed by atoms with van der Waals surface area (Å²) in [6.07, 6.45) is -0.319. The van der Waals surface area contributed by atoms with Gasteiger partial charge in [0.1, 0.15) is 12.7 Å². The molecule has 0 aromatic heterocycles. The van der Waals surface area contributed by atoms with Crippen LogP contribution in [-0.4, -0.2) is 50.6 Å². The monoisotopic (exact) mass is 364 g/mol. The van der Waals surface area contributed by atoms with Crippen LogP contribution in [0.25, 0.3) is 0 Å². The van der Waals surface area contributed by atoms with Gasteiger partial charge in [0.2, 0.25) is 0 Å². The Morgan fingerprint density at radius 2 is 2.00 bits per heavy atom. The molecule has 0 bridgehead atoms. The molecule has 4 atom stereocenters. The van der Waals surface area contributed by atoms with E-state index in [0.29, 0.717) is 12.8 Å². The van der Waals surface area contributed by atoms with E-state index >= 15 is 0 Å². The molecule has 2 rings (SSSR count). The number of fused-ring (bicyclic) bond motifs is 1. The van der Waals surface area contributed by atoms with E-state index in [2.05, 4.69) is 4.74 Å². The quantitative estimate of drug-likeness (QED) is 0.425. The van der Waals surface area contributed by atoms with Crippen LogP contribution in [0.15, 0.2) is 0 Å². The molecule has 1 heterocycles. The lowest BCUT2D eigenvalue weighted by atomic mass is 10.00. The van der Waals surface area contributed by atoms with Gasteiger partial charge in [-0.25, -0.2) is 4.79 Å². The lowest BCUT2D eigenvalue weighted by Crippen LogP contribution is -2.40. The number of carbonyl (C=O) groups excluding carboxylic acids is 1. The maximum absolute atomic E-state index is 13.0. The topological polar surface area (TPSA) is 124 Å². The van der Waals surface area contributed by atoms with Crippen LogP contribution in [0.4, 0.5) is 8.78 Å². The summed E-state index contributed by atoms with van der Waals surface area (Å²) < 4.78 is 87.5. The zero-order valence-corrected chi connectivity index (χ0v) is 12.9. The standard InChI is InChI=1S/C10H14F2O8S2/c1-5-2-6-7(20-21(14,15)8(6)3-5)4-19-9(13)10(11,12)22(16,17)18/h5-8H,2-4H2,1H3,(H,16,17,18). The minimum Gasteiger partial charge on any atom is -0.458 e. The Morgan fingerprint density at radius 1 is 1.41 bits per heavy atom. The van der Waals surface area contributed by atoms with Gasteiger partial charge in [0.15, 0.2) is 0 Å². The second-order valence-electron chi connectivity index (χ2n) is 5.50. The minimum absolute atomic E-state index is 0.0890. The maximum Gasteiger partial charge on any atom is 0.465 e. The first-order valence-corrected chi connectivity index (χ1v) is 9.21. The molecule has 0 aromatic carbocycles. The summed E-state index contributed by atoms with van der Waals surface area (Å²) in [6.45, 7) is 0.987. The molecule has 0 amide bonds.